The number of hydrazine groups is 1. The highest BCUT2D eigenvalue weighted by Gasteiger charge is 2.14. The summed E-state index contributed by atoms with van der Waals surface area (Å²) in [7, 11) is 0. The van der Waals surface area contributed by atoms with Crippen LogP contribution in [0.3, 0.4) is 0 Å². The molecule has 0 aromatic carbocycles. The molecule has 0 spiro atoms. The van der Waals surface area contributed by atoms with Crippen molar-refractivity contribution in [2.45, 2.75) is 0 Å². The number of nitrogens with zero attached hydrogens (tertiary/aromatic N) is 1. The van der Waals surface area contributed by atoms with E-state index in [1.54, 1.807) is 23.4 Å². The monoisotopic (exact) mass is 148 g/mol. The number of fused-ring (bicyclic) bond motifs is 1. The molecule has 2 aliphatic heterocycles. The number of nitrogens with one attached hydrogen (secondary N) is 1. The summed E-state index contributed by atoms with van der Waals surface area (Å²) in [5.41, 5.74) is 3.81. The highest BCUT2D eigenvalue weighted by molar-refractivity contribution is 5.32. The predicted molar refractivity (Wildman–Crippen MR) is 42.0 cm³/mol. The number of hydrogen-bond acceptors (Lipinski definition) is 3. The molecule has 0 saturated carbocycles. The van der Waals surface area contributed by atoms with E-state index < -0.39 is 0 Å². The Morgan fingerprint density at radius 3 is 3.00 bits per heavy atom. The molecule has 3 heteroatoms. The Bertz CT molecular complexity index is 286. The van der Waals surface area contributed by atoms with Gasteiger partial charge in [-0.2, -0.15) is 0 Å². The molecule has 0 unspecified atom stereocenters. The zero-order chi connectivity index (χ0) is 7.68. The zero-order valence-corrected chi connectivity index (χ0v) is 5.86. The van der Waals surface area contributed by atoms with E-state index in [4.69, 9.17) is 0 Å². The van der Waals surface area contributed by atoms with Crippen LogP contribution in [0.5, 0.6) is 0 Å². The van der Waals surface area contributed by atoms with E-state index in [1.165, 1.54) is 0 Å². The molecule has 0 fully saturated rings. The lowest BCUT2D eigenvalue weighted by Gasteiger charge is -2.17. The summed E-state index contributed by atoms with van der Waals surface area (Å²) in [4.78, 5) is 0. The van der Waals surface area contributed by atoms with Crippen molar-refractivity contribution in [3.8, 4) is 0 Å². The largest absolute Gasteiger partial charge is 0.493 e. The maximum atomic E-state index is 9.35. The van der Waals surface area contributed by atoms with Gasteiger partial charge in [0.2, 0.25) is 5.88 Å². The molecule has 0 amide bonds. The Balaban J connectivity index is 2.40. The van der Waals surface area contributed by atoms with Gasteiger partial charge >= 0.3 is 0 Å². The molecule has 0 aromatic heterocycles. The highest BCUT2D eigenvalue weighted by atomic mass is 16.3. The Morgan fingerprint density at radius 1 is 1.27 bits per heavy atom. The van der Waals surface area contributed by atoms with E-state index in [0.717, 1.165) is 5.70 Å². The molecule has 2 rings (SSSR count). The van der Waals surface area contributed by atoms with E-state index >= 15 is 0 Å². The quantitative estimate of drug-likeness (QED) is 0.541. The van der Waals surface area contributed by atoms with E-state index in [0.29, 0.717) is 0 Å². The van der Waals surface area contributed by atoms with Gasteiger partial charge in [0.25, 0.3) is 0 Å². The van der Waals surface area contributed by atoms with Gasteiger partial charge < -0.3 is 5.11 Å². The maximum Gasteiger partial charge on any atom is 0.210 e. The Morgan fingerprint density at radius 2 is 2.09 bits per heavy atom. The highest BCUT2D eigenvalue weighted by Crippen LogP contribution is 2.16. The van der Waals surface area contributed by atoms with Crippen molar-refractivity contribution in [1.82, 2.24) is 10.4 Å². The Kier molecular flexibility index (Phi) is 1.22. The first-order chi connectivity index (χ1) is 5.38. The molecule has 56 valence electrons. The van der Waals surface area contributed by atoms with Crippen LogP contribution in [0.15, 0.2) is 48.2 Å². The number of allylic oxidation sites excluding steroid dienone is 5. The third-order valence-electron chi connectivity index (χ3n) is 1.57. The first-order valence-electron chi connectivity index (χ1n) is 3.38. The summed E-state index contributed by atoms with van der Waals surface area (Å²) in [5.74, 6) is 0.204. The molecule has 2 aliphatic rings. The topological polar surface area (TPSA) is 35.5 Å². The van der Waals surface area contributed by atoms with Gasteiger partial charge in [0.05, 0.1) is 5.70 Å². The third kappa shape index (κ3) is 0.902. The number of aliphatic hydroxyl groups is 1. The van der Waals surface area contributed by atoms with Crippen molar-refractivity contribution in [1.29, 1.82) is 0 Å². The summed E-state index contributed by atoms with van der Waals surface area (Å²) in [6.45, 7) is 0. The minimum absolute atomic E-state index is 0.204. The summed E-state index contributed by atoms with van der Waals surface area (Å²) in [6.07, 6.45) is 10.9. The molecule has 2 N–H and O–H groups in total. The maximum absolute atomic E-state index is 9.35. The average Bonchev–Trinajstić information content (AvgIpc) is 2.40. The molecule has 0 aromatic rings. The second kappa shape index (κ2) is 2.20. The lowest BCUT2D eigenvalue weighted by molar-refractivity contribution is 0.221. The van der Waals surface area contributed by atoms with Gasteiger partial charge in [0, 0.05) is 12.3 Å². The molecule has 0 aliphatic carbocycles. The minimum Gasteiger partial charge on any atom is -0.493 e. The number of hydrogen-bond donors (Lipinski definition) is 2. The van der Waals surface area contributed by atoms with Crippen LogP contribution in [-0.2, 0) is 0 Å². The van der Waals surface area contributed by atoms with Gasteiger partial charge in [-0.3, -0.25) is 5.43 Å². The second-order valence-electron chi connectivity index (χ2n) is 2.30. The second-order valence-corrected chi connectivity index (χ2v) is 2.30. The lowest BCUT2D eigenvalue weighted by atomic mass is 10.4. The Labute approximate surface area is 64.6 Å². The molecule has 11 heavy (non-hydrogen) atoms. The first kappa shape index (κ1) is 6.09. The van der Waals surface area contributed by atoms with E-state index in [1.807, 2.05) is 18.2 Å². The van der Waals surface area contributed by atoms with Crippen LogP contribution in [0.1, 0.15) is 0 Å². The van der Waals surface area contributed by atoms with Crippen molar-refractivity contribution in [2.75, 3.05) is 0 Å². The predicted octanol–water partition coefficient (Wildman–Crippen LogP) is 1.17. The van der Waals surface area contributed by atoms with Crippen LogP contribution >= 0.6 is 0 Å². The molecule has 2 heterocycles. The molecular formula is C8H8N2O. The van der Waals surface area contributed by atoms with Crippen LogP contribution in [0.2, 0.25) is 0 Å². The fourth-order valence-electron chi connectivity index (χ4n) is 1.05. The third-order valence-corrected chi connectivity index (χ3v) is 1.57. The van der Waals surface area contributed by atoms with Crippen LogP contribution in [0.25, 0.3) is 0 Å². The molecular weight excluding hydrogens is 140 g/mol. The van der Waals surface area contributed by atoms with E-state index in [-0.39, 0.29) is 5.88 Å². The van der Waals surface area contributed by atoms with Crippen molar-refractivity contribution >= 4 is 0 Å². The van der Waals surface area contributed by atoms with Gasteiger partial charge in [-0.15, -0.1) is 0 Å². The normalized spacial score (nSPS) is 20.2. The van der Waals surface area contributed by atoms with Crippen molar-refractivity contribution in [2.24, 2.45) is 0 Å². The summed E-state index contributed by atoms with van der Waals surface area (Å²) in [5, 5.41) is 10.9. The van der Waals surface area contributed by atoms with Crippen LogP contribution < -0.4 is 5.43 Å². The summed E-state index contributed by atoms with van der Waals surface area (Å²) < 4.78 is 0. The van der Waals surface area contributed by atoms with E-state index in [2.05, 4.69) is 5.43 Å². The van der Waals surface area contributed by atoms with Gasteiger partial charge in [0.15, 0.2) is 0 Å². The zero-order valence-electron chi connectivity index (χ0n) is 5.86. The fraction of sp³-hybridized carbons (Fsp3) is 0. The van der Waals surface area contributed by atoms with E-state index in [9.17, 15) is 5.11 Å². The molecule has 3 nitrogen and oxygen atoms in total. The van der Waals surface area contributed by atoms with Crippen LogP contribution in [0, 0.1) is 0 Å². The summed E-state index contributed by atoms with van der Waals surface area (Å²) >= 11 is 0. The van der Waals surface area contributed by atoms with Crippen LogP contribution in [-0.4, -0.2) is 10.1 Å². The minimum atomic E-state index is 0.204. The van der Waals surface area contributed by atoms with Crippen LogP contribution in [0.4, 0.5) is 0 Å². The first-order valence-corrected chi connectivity index (χ1v) is 3.38. The Hall–Kier alpha value is -1.64. The average molecular weight is 148 g/mol. The summed E-state index contributed by atoms with van der Waals surface area (Å²) in [6, 6.07) is 0. The molecule has 0 bridgehead atoms. The molecule has 0 radical (unpaired) electrons. The van der Waals surface area contributed by atoms with Gasteiger partial charge in [-0.05, 0) is 12.2 Å². The van der Waals surface area contributed by atoms with Gasteiger partial charge in [-0.1, -0.05) is 12.2 Å². The standard InChI is InChI=1S/C8H8N2O/c11-8-4-2-1-3-7-5-6-9-10(7)8/h1-6,9,11H. The van der Waals surface area contributed by atoms with Gasteiger partial charge in [0.1, 0.15) is 0 Å². The van der Waals surface area contributed by atoms with Crippen molar-refractivity contribution in [3.63, 3.8) is 0 Å². The smallest absolute Gasteiger partial charge is 0.210 e. The van der Waals surface area contributed by atoms with Crippen molar-refractivity contribution < 1.29 is 5.11 Å². The SMILES string of the molecule is OC1=CC=CC=C2C=CNN12. The molecule has 0 saturated heterocycles. The fourth-order valence-corrected chi connectivity index (χ4v) is 1.05. The van der Waals surface area contributed by atoms with Gasteiger partial charge in [-0.25, -0.2) is 5.01 Å². The number of aliphatic hydroxyl groups excluding tert-OH is 1. The number of rotatable bonds is 0. The van der Waals surface area contributed by atoms with Crippen molar-refractivity contribution in [3.05, 3.63) is 48.2 Å². The molecule has 0 atom stereocenters. The lowest BCUT2D eigenvalue weighted by Crippen LogP contribution is -2.27.